The maximum absolute atomic E-state index is 12.6. The van der Waals surface area contributed by atoms with Crippen LogP contribution >= 0.6 is 0 Å². The Labute approximate surface area is 193 Å². The first-order chi connectivity index (χ1) is 16.0. The second-order valence-corrected chi connectivity index (χ2v) is 8.15. The molecule has 3 aromatic rings. The van der Waals surface area contributed by atoms with Gasteiger partial charge in [-0.05, 0) is 81.6 Å². The predicted octanol–water partition coefficient (Wildman–Crippen LogP) is 3.52. The normalized spacial score (nSPS) is 14.0. The Hall–Kier alpha value is -3.68. The number of hydrogen-bond acceptors (Lipinski definition) is 5. The van der Waals surface area contributed by atoms with E-state index in [2.05, 4.69) is 27.0 Å². The highest BCUT2D eigenvalue weighted by Gasteiger charge is 2.18. The molecule has 8 nitrogen and oxygen atoms in total. The molecule has 0 atom stereocenters. The first-order valence-electron chi connectivity index (χ1n) is 11.3. The van der Waals surface area contributed by atoms with E-state index >= 15 is 0 Å². The van der Waals surface area contributed by atoms with Crippen molar-refractivity contribution in [1.82, 2.24) is 19.9 Å². The number of hydrazone groups is 1. The predicted molar refractivity (Wildman–Crippen MR) is 128 cm³/mol. The Bertz CT molecular complexity index is 1190. The van der Waals surface area contributed by atoms with Crippen LogP contribution in [-0.4, -0.2) is 51.7 Å². The Morgan fingerprint density at radius 3 is 2.48 bits per heavy atom. The largest absolute Gasteiger partial charge is 0.484 e. The van der Waals surface area contributed by atoms with Gasteiger partial charge in [0.25, 0.3) is 11.8 Å². The average Bonchev–Trinajstić information content (AvgIpc) is 3.48. The molecule has 4 rings (SSSR count). The molecule has 1 aliphatic rings. The van der Waals surface area contributed by atoms with Crippen molar-refractivity contribution in [3.63, 3.8) is 0 Å². The van der Waals surface area contributed by atoms with Crippen molar-refractivity contribution in [2.24, 2.45) is 5.10 Å². The van der Waals surface area contributed by atoms with Crippen LogP contribution < -0.4 is 10.2 Å². The number of likely N-dealkylation sites (tertiary alicyclic amines) is 1. The van der Waals surface area contributed by atoms with Gasteiger partial charge in [0.2, 0.25) is 0 Å². The summed E-state index contributed by atoms with van der Waals surface area (Å²) in [6.45, 7) is 8.36. The van der Waals surface area contributed by atoms with Crippen molar-refractivity contribution in [2.45, 2.75) is 40.2 Å². The second kappa shape index (κ2) is 9.85. The zero-order chi connectivity index (χ0) is 23.4. The molecule has 1 saturated heterocycles. The number of imidazole rings is 1. The van der Waals surface area contributed by atoms with Crippen LogP contribution in [-0.2, 0) is 11.3 Å². The zero-order valence-electron chi connectivity index (χ0n) is 19.3. The third-order valence-electron chi connectivity index (χ3n) is 5.94. The summed E-state index contributed by atoms with van der Waals surface area (Å²) in [4.78, 5) is 31.1. The molecular weight excluding hydrogens is 418 g/mol. The van der Waals surface area contributed by atoms with E-state index in [1.165, 1.54) is 0 Å². The van der Waals surface area contributed by atoms with E-state index in [4.69, 9.17) is 4.74 Å². The molecule has 172 valence electrons. The number of hydrogen-bond donors (Lipinski definition) is 1. The van der Waals surface area contributed by atoms with Gasteiger partial charge in [0.05, 0.1) is 16.7 Å². The molecule has 1 N–H and O–H groups in total. The highest BCUT2D eigenvalue weighted by atomic mass is 16.5. The molecule has 0 unspecified atom stereocenters. The summed E-state index contributed by atoms with van der Waals surface area (Å²) in [6.07, 6.45) is 2.13. The summed E-state index contributed by atoms with van der Waals surface area (Å²) in [5, 5.41) is 4.24. The van der Waals surface area contributed by atoms with Gasteiger partial charge in [0.1, 0.15) is 11.6 Å². The number of carbonyl (C=O) groups excluding carboxylic acids is 2. The van der Waals surface area contributed by atoms with Gasteiger partial charge in [-0.3, -0.25) is 9.59 Å². The van der Waals surface area contributed by atoms with E-state index in [0.717, 1.165) is 54.9 Å². The summed E-state index contributed by atoms with van der Waals surface area (Å²) >= 11 is 0. The smallest absolute Gasteiger partial charge is 0.271 e. The molecule has 1 fully saturated rings. The molecule has 0 spiro atoms. The molecule has 2 amide bonds. The summed E-state index contributed by atoms with van der Waals surface area (Å²) in [7, 11) is 0. The molecule has 0 saturated carbocycles. The van der Waals surface area contributed by atoms with Gasteiger partial charge < -0.3 is 14.2 Å². The van der Waals surface area contributed by atoms with Crippen LogP contribution in [0, 0.1) is 6.92 Å². The van der Waals surface area contributed by atoms with E-state index in [0.29, 0.717) is 17.0 Å². The number of ether oxygens (including phenoxy) is 1. The maximum Gasteiger partial charge on any atom is 0.271 e. The Kier molecular flexibility index (Phi) is 6.72. The number of aryl methyl sites for hydroxylation is 2. The number of nitrogens with zero attached hydrogens (tertiary/aromatic N) is 4. The second-order valence-electron chi connectivity index (χ2n) is 8.15. The molecule has 0 bridgehead atoms. The Morgan fingerprint density at radius 2 is 1.79 bits per heavy atom. The van der Waals surface area contributed by atoms with E-state index in [9.17, 15) is 9.59 Å². The number of nitrogens with one attached hydrogen (secondary N) is 1. The lowest BCUT2D eigenvalue weighted by Gasteiger charge is -2.15. The number of benzene rings is 2. The minimum atomic E-state index is -0.291. The van der Waals surface area contributed by atoms with Gasteiger partial charge in [-0.2, -0.15) is 5.10 Å². The van der Waals surface area contributed by atoms with E-state index in [-0.39, 0.29) is 18.4 Å². The van der Waals surface area contributed by atoms with Gasteiger partial charge >= 0.3 is 0 Å². The third-order valence-corrected chi connectivity index (χ3v) is 5.94. The van der Waals surface area contributed by atoms with E-state index < -0.39 is 0 Å². The van der Waals surface area contributed by atoms with E-state index in [1.807, 2.05) is 36.9 Å². The van der Waals surface area contributed by atoms with Crippen molar-refractivity contribution in [2.75, 3.05) is 19.7 Å². The standard InChI is InChI=1S/C25H29N5O3/c1-4-30-18(3)26-22-15-20(9-12-23(22)30)25(32)28-27-17(2)19-7-10-21(11-8-19)33-16-24(31)29-13-5-6-14-29/h7-12,15H,4-6,13-14,16H2,1-3H3,(H,28,32)/b27-17+. The molecule has 0 radical (unpaired) electrons. The van der Waals surface area contributed by atoms with E-state index in [1.54, 1.807) is 24.3 Å². The molecule has 0 aliphatic carbocycles. The fourth-order valence-electron chi connectivity index (χ4n) is 4.05. The van der Waals surface area contributed by atoms with Crippen molar-refractivity contribution < 1.29 is 14.3 Å². The number of fused-ring (bicyclic) bond motifs is 1. The number of amides is 2. The topological polar surface area (TPSA) is 88.8 Å². The summed E-state index contributed by atoms with van der Waals surface area (Å²) < 4.78 is 7.72. The van der Waals surface area contributed by atoms with Crippen LogP contribution in [0.1, 0.15) is 48.4 Å². The first-order valence-corrected chi connectivity index (χ1v) is 11.3. The van der Waals surface area contributed by atoms with Gasteiger partial charge in [-0.25, -0.2) is 10.4 Å². The van der Waals surface area contributed by atoms with Crippen LogP contribution in [0.15, 0.2) is 47.6 Å². The van der Waals surface area contributed by atoms with Gasteiger partial charge in [0, 0.05) is 25.2 Å². The molecule has 2 aromatic carbocycles. The first kappa shape index (κ1) is 22.5. The fraction of sp³-hybridized carbons (Fsp3) is 0.360. The maximum atomic E-state index is 12.6. The van der Waals surface area contributed by atoms with Gasteiger partial charge in [-0.15, -0.1) is 0 Å². The van der Waals surface area contributed by atoms with Crippen LogP contribution in [0.25, 0.3) is 11.0 Å². The lowest BCUT2D eigenvalue weighted by Crippen LogP contribution is -2.32. The van der Waals surface area contributed by atoms with Crippen LogP contribution in [0.2, 0.25) is 0 Å². The van der Waals surface area contributed by atoms with Crippen molar-refractivity contribution in [1.29, 1.82) is 0 Å². The highest BCUT2D eigenvalue weighted by Crippen LogP contribution is 2.18. The number of rotatable bonds is 7. The Balaban J connectivity index is 1.35. The van der Waals surface area contributed by atoms with Crippen molar-refractivity contribution in [3.05, 3.63) is 59.4 Å². The van der Waals surface area contributed by atoms with Crippen LogP contribution in [0.5, 0.6) is 5.75 Å². The fourth-order valence-corrected chi connectivity index (χ4v) is 4.05. The third kappa shape index (κ3) is 5.05. The lowest BCUT2D eigenvalue weighted by molar-refractivity contribution is -0.132. The van der Waals surface area contributed by atoms with Gasteiger partial charge in [0.15, 0.2) is 6.61 Å². The quantitative estimate of drug-likeness (QED) is 0.443. The average molecular weight is 448 g/mol. The lowest BCUT2D eigenvalue weighted by atomic mass is 10.1. The minimum absolute atomic E-state index is 0.0202. The summed E-state index contributed by atoms with van der Waals surface area (Å²) in [6, 6.07) is 12.8. The van der Waals surface area contributed by atoms with Crippen LogP contribution in [0.4, 0.5) is 0 Å². The molecular formula is C25H29N5O3. The molecule has 1 aromatic heterocycles. The number of aromatic nitrogens is 2. The SMILES string of the molecule is CCn1c(C)nc2cc(C(=O)N/N=C(\C)c3ccc(OCC(=O)N4CCCC4)cc3)ccc21. The highest BCUT2D eigenvalue weighted by molar-refractivity contribution is 6.01. The molecule has 8 heteroatoms. The zero-order valence-corrected chi connectivity index (χ0v) is 19.3. The van der Waals surface area contributed by atoms with Gasteiger partial charge in [-0.1, -0.05) is 0 Å². The molecule has 2 heterocycles. The summed E-state index contributed by atoms with van der Waals surface area (Å²) in [5.74, 6) is 1.28. The monoisotopic (exact) mass is 447 g/mol. The van der Waals surface area contributed by atoms with Crippen molar-refractivity contribution in [3.8, 4) is 5.75 Å². The number of carbonyl (C=O) groups is 2. The van der Waals surface area contributed by atoms with Crippen molar-refractivity contribution >= 4 is 28.6 Å². The van der Waals surface area contributed by atoms with Crippen LogP contribution in [0.3, 0.4) is 0 Å². The molecule has 33 heavy (non-hydrogen) atoms. The molecule has 1 aliphatic heterocycles. The Morgan fingerprint density at radius 1 is 1.09 bits per heavy atom. The summed E-state index contributed by atoms with van der Waals surface area (Å²) in [5.41, 5.74) is 6.44. The minimum Gasteiger partial charge on any atom is -0.484 e.